The maximum absolute atomic E-state index is 5.42. The Morgan fingerprint density at radius 3 is 2.61 bits per heavy atom. The smallest absolute Gasteiger partial charge is 0.113 e. The molecule has 1 N–H and O–H groups in total. The normalized spacial score (nSPS) is 28.2. The van der Waals surface area contributed by atoms with Crippen molar-refractivity contribution in [3.63, 3.8) is 0 Å². The minimum atomic E-state index is 0.0591. The first kappa shape index (κ1) is 14.0. The third-order valence-corrected chi connectivity index (χ3v) is 4.73. The van der Waals surface area contributed by atoms with E-state index in [1.165, 1.54) is 10.7 Å². The standard InChI is InChI=1S/C14H24N2OS/c1-6-15-14(7-10(8-14)17-5)12-16-11(9-18-12)13(2,3)4/h9-10,15H,6-8H2,1-5H3. The van der Waals surface area contributed by atoms with Gasteiger partial charge in [0.2, 0.25) is 0 Å². The molecule has 1 aliphatic rings. The van der Waals surface area contributed by atoms with Crippen LogP contribution >= 0.6 is 11.3 Å². The Kier molecular flexibility index (Phi) is 3.81. The van der Waals surface area contributed by atoms with E-state index in [-0.39, 0.29) is 11.0 Å². The van der Waals surface area contributed by atoms with Crippen molar-refractivity contribution in [2.45, 2.75) is 57.6 Å². The second kappa shape index (κ2) is 4.91. The van der Waals surface area contributed by atoms with Crippen molar-refractivity contribution >= 4 is 11.3 Å². The van der Waals surface area contributed by atoms with E-state index in [1.54, 1.807) is 18.4 Å². The van der Waals surface area contributed by atoms with Crippen LogP contribution in [0.2, 0.25) is 0 Å². The molecule has 3 nitrogen and oxygen atoms in total. The van der Waals surface area contributed by atoms with Crippen molar-refractivity contribution < 1.29 is 4.74 Å². The number of ether oxygens (including phenoxy) is 1. The van der Waals surface area contributed by atoms with E-state index in [9.17, 15) is 0 Å². The fourth-order valence-electron chi connectivity index (χ4n) is 2.46. The highest BCUT2D eigenvalue weighted by Crippen LogP contribution is 2.44. The highest BCUT2D eigenvalue weighted by atomic mass is 32.1. The highest BCUT2D eigenvalue weighted by molar-refractivity contribution is 7.09. The minimum Gasteiger partial charge on any atom is -0.381 e. The molecule has 18 heavy (non-hydrogen) atoms. The molecule has 0 spiro atoms. The lowest BCUT2D eigenvalue weighted by molar-refractivity contribution is -0.0325. The average molecular weight is 268 g/mol. The molecule has 0 aromatic carbocycles. The molecule has 1 saturated carbocycles. The van der Waals surface area contributed by atoms with Crippen LogP contribution in [0.4, 0.5) is 0 Å². The third kappa shape index (κ3) is 2.46. The highest BCUT2D eigenvalue weighted by Gasteiger charge is 2.47. The molecule has 0 aliphatic heterocycles. The van der Waals surface area contributed by atoms with Crippen molar-refractivity contribution in [1.29, 1.82) is 0 Å². The number of nitrogens with one attached hydrogen (secondary N) is 1. The van der Waals surface area contributed by atoms with Crippen molar-refractivity contribution in [1.82, 2.24) is 10.3 Å². The van der Waals surface area contributed by atoms with Gasteiger partial charge in [-0.2, -0.15) is 0 Å². The molecule has 0 unspecified atom stereocenters. The quantitative estimate of drug-likeness (QED) is 0.911. The number of nitrogens with zero attached hydrogens (tertiary/aromatic N) is 1. The van der Waals surface area contributed by atoms with E-state index in [0.717, 1.165) is 19.4 Å². The Balaban J connectivity index is 2.20. The maximum atomic E-state index is 5.42. The zero-order valence-electron chi connectivity index (χ0n) is 12.0. The van der Waals surface area contributed by atoms with Crippen LogP contribution in [0.25, 0.3) is 0 Å². The summed E-state index contributed by atoms with van der Waals surface area (Å²) in [5, 5.41) is 7.04. The number of aromatic nitrogens is 1. The summed E-state index contributed by atoms with van der Waals surface area (Å²) in [5.74, 6) is 0. The van der Waals surface area contributed by atoms with Crippen LogP contribution in [-0.2, 0) is 15.7 Å². The average Bonchev–Trinajstić information content (AvgIpc) is 2.71. The van der Waals surface area contributed by atoms with E-state index in [2.05, 4.69) is 38.4 Å². The number of hydrogen-bond acceptors (Lipinski definition) is 4. The summed E-state index contributed by atoms with van der Waals surface area (Å²) in [4.78, 5) is 4.86. The van der Waals surface area contributed by atoms with Gasteiger partial charge in [0.25, 0.3) is 0 Å². The van der Waals surface area contributed by atoms with Gasteiger partial charge in [-0.1, -0.05) is 27.7 Å². The van der Waals surface area contributed by atoms with Crippen LogP contribution < -0.4 is 5.32 Å². The molecule has 0 atom stereocenters. The van der Waals surface area contributed by atoms with E-state index in [1.807, 2.05) is 0 Å². The molecule has 0 amide bonds. The Hall–Kier alpha value is -0.450. The first-order valence-electron chi connectivity index (χ1n) is 6.65. The molecular formula is C14H24N2OS. The predicted octanol–water partition coefficient (Wildman–Crippen LogP) is 3.05. The van der Waals surface area contributed by atoms with Gasteiger partial charge in [0, 0.05) is 17.9 Å². The van der Waals surface area contributed by atoms with Crippen LogP contribution in [0.15, 0.2) is 5.38 Å². The summed E-state index contributed by atoms with van der Waals surface area (Å²) in [5.41, 5.74) is 1.39. The summed E-state index contributed by atoms with van der Waals surface area (Å²) in [6.07, 6.45) is 2.45. The van der Waals surface area contributed by atoms with Crippen molar-refractivity contribution in [2.24, 2.45) is 0 Å². The number of methoxy groups -OCH3 is 1. The first-order valence-corrected chi connectivity index (χ1v) is 7.53. The van der Waals surface area contributed by atoms with E-state index < -0.39 is 0 Å². The lowest BCUT2D eigenvalue weighted by Crippen LogP contribution is -2.55. The summed E-state index contributed by atoms with van der Waals surface area (Å²) >= 11 is 1.78. The van der Waals surface area contributed by atoms with E-state index in [0.29, 0.717) is 6.10 Å². The molecular weight excluding hydrogens is 244 g/mol. The molecule has 0 radical (unpaired) electrons. The molecule has 4 heteroatoms. The first-order chi connectivity index (χ1) is 8.41. The predicted molar refractivity (Wildman–Crippen MR) is 76.2 cm³/mol. The van der Waals surface area contributed by atoms with Crippen LogP contribution in [0.3, 0.4) is 0 Å². The summed E-state index contributed by atoms with van der Waals surface area (Å²) in [6, 6.07) is 0. The topological polar surface area (TPSA) is 34.2 Å². The van der Waals surface area contributed by atoms with Crippen LogP contribution in [0.1, 0.15) is 51.2 Å². The van der Waals surface area contributed by atoms with Gasteiger partial charge < -0.3 is 10.1 Å². The Morgan fingerprint density at radius 2 is 2.17 bits per heavy atom. The zero-order chi connectivity index (χ0) is 13.4. The largest absolute Gasteiger partial charge is 0.381 e. The molecule has 1 fully saturated rings. The van der Waals surface area contributed by atoms with Crippen molar-refractivity contribution in [2.75, 3.05) is 13.7 Å². The van der Waals surface area contributed by atoms with Gasteiger partial charge in [0.05, 0.1) is 17.3 Å². The second-order valence-electron chi connectivity index (χ2n) is 6.17. The molecule has 1 heterocycles. The van der Waals surface area contributed by atoms with Crippen LogP contribution in [0, 0.1) is 0 Å². The molecule has 102 valence electrons. The number of thiazole rings is 1. The number of hydrogen-bond donors (Lipinski definition) is 1. The van der Waals surface area contributed by atoms with Crippen molar-refractivity contribution in [3.05, 3.63) is 16.1 Å². The van der Waals surface area contributed by atoms with Gasteiger partial charge in [0.1, 0.15) is 5.01 Å². The van der Waals surface area contributed by atoms with Gasteiger partial charge in [-0.15, -0.1) is 11.3 Å². The molecule has 1 aliphatic carbocycles. The van der Waals surface area contributed by atoms with E-state index >= 15 is 0 Å². The molecule has 0 saturated heterocycles. The molecule has 0 bridgehead atoms. The van der Waals surface area contributed by atoms with Gasteiger partial charge >= 0.3 is 0 Å². The Bertz CT molecular complexity index is 402. The zero-order valence-corrected chi connectivity index (χ0v) is 12.9. The van der Waals surface area contributed by atoms with Gasteiger partial charge in [0.15, 0.2) is 0 Å². The SMILES string of the molecule is CCNC1(c2nc(C(C)(C)C)cs2)CC(OC)C1. The fraction of sp³-hybridized carbons (Fsp3) is 0.786. The minimum absolute atomic E-state index is 0.0591. The number of rotatable bonds is 4. The Labute approximate surface area is 114 Å². The third-order valence-electron chi connectivity index (χ3n) is 3.68. The lowest BCUT2D eigenvalue weighted by Gasteiger charge is -2.46. The molecule has 2 rings (SSSR count). The van der Waals surface area contributed by atoms with E-state index in [4.69, 9.17) is 9.72 Å². The van der Waals surface area contributed by atoms with Crippen molar-refractivity contribution in [3.8, 4) is 0 Å². The summed E-state index contributed by atoms with van der Waals surface area (Å²) in [6.45, 7) is 9.76. The fourth-order valence-corrected chi connectivity index (χ4v) is 3.70. The summed E-state index contributed by atoms with van der Waals surface area (Å²) < 4.78 is 5.42. The van der Waals surface area contributed by atoms with Gasteiger partial charge in [-0.3, -0.25) is 0 Å². The van der Waals surface area contributed by atoms with Gasteiger partial charge in [-0.25, -0.2) is 4.98 Å². The lowest BCUT2D eigenvalue weighted by atomic mass is 9.74. The molecule has 1 aromatic rings. The molecule has 1 aromatic heterocycles. The maximum Gasteiger partial charge on any atom is 0.113 e. The van der Waals surface area contributed by atoms with Crippen LogP contribution in [-0.4, -0.2) is 24.7 Å². The van der Waals surface area contributed by atoms with Crippen LogP contribution in [0.5, 0.6) is 0 Å². The Morgan fingerprint density at radius 1 is 1.50 bits per heavy atom. The van der Waals surface area contributed by atoms with Gasteiger partial charge in [-0.05, 0) is 19.4 Å². The monoisotopic (exact) mass is 268 g/mol. The summed E-state index contributed by atoms with van der Waals surface area (Å²) in [7, 11) is 1.79. The second-order valence-corrected chi connectivity index (χ2v) is 7.02.